The van der Waals surface area contributed by atoms with E-state index in [1.165, 1.54) is 95.2 Å². The molecule has 0 amide bonds. The van der Waals surface area contributed by atoms with Crippen molar-refractivity contribution in [3.05, 3.63) is 12.2 Å². The van der Waals surface area contributed by atoms with Gasteiger partial charge in [-0.3, -0.25) is 0 Å². The predicted octanol–water partition coefficient (Wildman–Crippen LogP) is 8.95. The van der Waals surface area contributed by atoms with Gasteiger partial charge in [-0.15, -0.1) is 0 Å². The van der Waals surface area contributed by atoms with E-state index in [1.54, 1.807) is 5.28 Å². The molecule has 0 saturated heterocycles. The molecule has 0 rings (SSSR count). The summed E-state index contributed by atoms with van der Waals surface area (Å²) < 4.78 is 1.01. The van der Waals surface area contributed by atoms with Crippen LogP contribution >= 0.6 is 0 Å². The highest BCUT2D eigenvalue weighted by molar-refractivity contribution is 6.60. The summed E-state index contributed by atoms with van der Waals surface area (Å²) in [5.41, 5.74) is 0. The monoisotopic (exact) mass is 350 g/mol. The zero-order chi connectivity index (χ0) is 17.9. The van der Waals surface area contributed by atoms with Crippen molar-refractivity contribution in [3.8, 4) is 0 Å². The molecule has 0 radical (unpaired) electrons. The standard InChI is InChI=1S/C18H35.C3H7.C2H5.Al/c1-3-5-7-9-11-13-15-17-18-16-14-12-10-8-6-4-2;1-3-2;1-2;/h17-18H,1,3-16H2,2H3;3H,1-2H3;1H2,2H3;/b18-17-;;;. The molecule has 0 aromatic rings. The maximum Gasteiger partial charge on any atom is 0.264 e. The molecule has 0 N–H and O–H groups in total. The fraction of sp³-hybridized carbons (Fsp3) is 0.913. The average molecular weight is 351 g/mol. The summed E-state index contributed by atoms with van der Waals surface area (Å²) in [7, 11) is 0. The highest BCUT2D eigenvalue weighted by Crippen LogP contribution is 2.19. The van der Waals surface area contributed by atoms with E-state index < -0.39 is 0 Å². The van der Waals surface area contributed by atoms with Crippen molar-refractivity contribution in [2.45, 2.75) is 133 Å². The molecular formula is C23H47Al. The van der Waals surface area contributed by atoms with Gasteiger partial charge < -0.3 is 0 Å². The molecule has 0 heterocycles. The van der Waals surface area contributed by atoms with Crippen LogP contribution in [0.15, 0.2) is 12.2 Å². The highest BCUT2D eigenvalue weighted by Gasteiger charge is 2.17. The molecule has 24 heavy (non-hydrogen) atoms. The van der Waals surface area contributed by atoms with Crippen molar-refractivity contribution >= 4 is 14.1 Å². The minimum Gasteiger partial charge on any atom is -0.0966 e. The van der Waals surface area contributed by atoms with Crippen LogP contribution in [0.25, 0.3) is 0 Å². The van der Waals surface area contributed by atoms with E-state index >= 15 is 0 Å². The number of hydrogen-bond donors (Lipinski definition) is 0. The molecule has 1 heteroatoms. The van der Waals surface area contributed by atoms with Crippen LogP contribution in [0.4, 0.5) is 0 Å². The van der Waals surface area contributed by atoms with E-state index in [4.69, 9.17) is 0 Å². The van der Waals surface area contributed by atoms with Gasteiger partial charge in [-0.25, -0.2) is 0 Å². The van der Waals surface area contributed by atoms with Gasteiger partial charge in [-0.1, -0.05) is 119 Å². The van der Waals surface area contributed by atoms with Crippen LogP contribution in [0.1, 0.15) is 118 Å². The third-order valence-corrected chi connectivity index (χ3v) is 9.64. The van der Waals surface area contributed by atoms with Crippen molar-refractivity contribution < 1.29 is 0 Å². The van der Waals surface area contributed by atoms with E-state index in [-0.39, 0.29) is 14.1 Å². The van der Waals surface area contributed by atoms with Gasteiger partial charge in [-0.05, 0) is 25.7 Å². The van der Waals surface area contributed by atoms with Crippen LogP contribution in [0.5, 0.6) is 0 Å². The summed E-state index contributed by atoms with van der Waals surface area (Å²) in [6.07, 6.45) is 24.8. The molecule has 0 unspecified atom stereocenters. The summed E-state index contributed by atoms with van der Waals surface area (Å²) >= 11 is -0.388. The quantitative estimate of drug-likeness (QED) is 0.131. The second-order valence-electron chi connectivity index (χ2n) is 8.14. The SMILES string of the molecule is CCCCCCCC/C=C\CCCCCCC[CH2][Al]([CH2]C)[CH](C)C. The lowest BCUT2D eigenvalue weighted by Crippen LogP contribution is -2.14. The Balaban J connectivity index is 3.20. The molecule has 0 atom stereocenters. The minimum absolute atomic E-state index is 0.388. The summed E-state index contributed by atoms with van der Waals surface area (Å²) in [5.74, 6) is 0. The first-order valence-electron chi connectivity index (χ1n) is 11.4. The van der Waals surface area contributed by atoms with Crippen LogP contribution in [0.3, 0.4) is 0 Å². The van der Waals surface area contributed by atoms with Crippen LogP contribution in [0.2, 0.25) is 15.3 Å². The molecule has 0 saturated carbocycles. The first kappa shape index (κ1) is 24.3. The number of hydrogen-bond acceptors (Lipinski definition) is 0. The first-order chi connectivity index (χ1) is 11.7. The zero-order valence-corrected chi connectivity index (χ0v) is 18.8. The van der Waals surface area contributed by atoms with E-state index in [2.05, 4.69) is 39.8 Å². The molecule has 0 fully saturated rings. The van der Waals surface area contributed by atoms with Gasteiger partial charge >= 0.3 is 0 Å². The van der Waals surface area contributed by atoms with Gasteiger partial charge in [0.1, 0.15) is 0 Å². The smallest absolute Gasteiger partial charge is 0.0966 e. The zero-order valence-electron chi connectivity index (χ0n) is 17.6. The number of rotatable bonds is 18. The molecule has 0 bridgehead atoms. The van der Waals surface area contributed by atoms with Gasteiger partial charge in [0.25, 0.3) is 14.1 Å². The lowest BCUT2D eigenvalue weighted by molar-refractivity contribution is 0.605. The lowest BCUT2D eigenvalue weighted by atomic mass is 10.1. The van der Waals surface area contributed by atoms with Crippen molar-refractivity contribution in [1.29, 1.82) is 0 Å². The molecular weight excluding hydrogens is 303 g/mol. The Morgan fingerprint density at radius 3 is 1.54 bits per heavy atom. The largest absolute Gasteiger partial charge is 0.264 e. The van der Waals surface area contributed by atoms with Gasteiger partial charge in [0.15, 0.2) is 0 Å². The normalized spacial score (nSPS) is 11.7. The molecule has 0 aromatic heterocycles. The Morgan fingerprint density at radius 2 is 1.08 bits per heavy atom. The molecule has 0 aliphatic carbocycles. The van der Waals surface area contributed by atoms with Crippen LogP contribution < -0.4 is 0 Å². The van der Waals surface area contributed by atoms with E-state index in [0.717, 1.165) is 4.78 Å². The Bertz CT molecular complexity index is 257. The topological polar surface area (TPSA) is 0 Å². The number of unbranched alkanes of at least 4 members (excludes halogenated alkanes) is 12. The second kappa shape index (κ2) is 19.6. The Labute approximate surface area is 159 Å². The molecule has 142 valence electrons. The van der Waals surface area contributed by atoms with Crippen LogP contribution in [-0.4, -0.2) is 14.1 Å². The van der Waals surface area contributed by atoms with Crippen molar-refractivity contribution in [2.24, 2.45) is 0 Å². The second-order valence-corrected chi connectivity index (χ2v) is 12.4. The molecule has 0 aromatic carbocycles. The molecule has 0 spiro atoms. The predicted molar refractivity (Wildman–Crippen MR) is 116 cm³/mol. The van der Waals surface area contributed by atoms with Gasteiger partial charge in [0.05, 0.1) is 0 Å². The molecule has 0 aliphatic rings. The average Bonchev–Trinajstić information content (AvgIpc) is 2.57. The minimum atomic E-state index is -0.388. The summed E-state index contributed by atoms with van der Waals surface area (Å²) in [4.78, 5) is 0. The van der Waals surface area contributed by atoms with Crippen molar-refractivity contribution in [3.63, 3.8) is 0 Å². The fourth-order valence-corrected chi connectivity index (χ4v) is 6.49. The van der Waals surface area contributed by atoms with Gasteiger partial charge in [0.2, 0.25) is 0 Å². The Morgan fingerprint density at radius 1 is 0.625 bits per heavy atom. The third kappa shape index (κ3) is 17.1. The Hall–Kier alpha value is 0.272. The maximum absolute atomic E-state index is 2.44. The van der Waals surface area contributed by atoms with E-state index in [0.29, 0.717) is 0 Å². The van der Waals surface area contributed by atoms with Gasteiger partial charge in [0, 0.05) is 0 Å². The van der Waals surface area contributed by atoms with Crippen LogP contribution in [0, 0.1) is 0 Å². The maximum atomic E-state index is 2.44. The van der Waals surface area contributed by atoms with Crippen molar-refractivity contribution in [2.75, 3.05) is 0 Å². The fourth-order valence-electron chi connectivity index (χ4n) is 3.66. The lowest BCUT2D eigenvalue weighted by Gasteiger charge is -2.12. The van der Waals surface area contributed by atoms with E-state index in [1.807, 2.05) is 0 Å². The number of allylic oxidation sites excluding steroid dienone is 2. The molecule has 0 aliphatic heterocycles. The molecule has 0 nitrogen and oxygen atoms in total. The Kier molecular flexibility index (Phi) is 19.8. The summed E-state index contributed by atoms with van der Waals surface area (Å²) in [5, 5.41) is 3.10. The highest BCUT2D eigenvalue weighted by atomic mass is 27.2. The third-order valence-electron chi connectivity index (χ3n) is 5.55. The van der Waals surface area contributed by atoms with E-state index in [9.17, 15) is 0 Å². The van der Waals surface area contributed by atoms with Crippen LogP contribution in [-0.2, 0) is 0 Å². The first-order valence-corrected chi connectivity index (χ1v) is 13.7. The summed E-state index contributed by atoms with van der Waals surface area (Å²) in [6, 6.07) is 0. The van der Waals surface area contributed by atoms with Gasteiger partial charge in [-0.2, -0.15) is 0 Å². The van der Waals surface area contributed by atoms with Crippen molar-refractivity contribution in [1.82, 2.24) is 0 Å². The summed E-state index contributed by atoms with van der Waals surface area (Å²) in [6.45, 7) is 9.59.